The molecule has 2 unspecified atom stereocenters. The van der Waals surface area contributed by atoms with Crippen molar-refractivity contribution in [2.75, 3.05) is 26.0 Å². The number of halogens is 1. The predicted octanol–water partition coefficient (Wildman–Crippen LogP) is 1.14. The highest BCUT2D eigenvalue weighted by molar-refractivity contribution is 14.1. The highest BCUT2D eigenvalue weighted by atomic mass is 127. The standard InChI is InChI=1S/C11H17IN4O2/c1-4-18-11(17)9(12)10(16(2)3)14-8-6-5-7-13-15-8/h5-7,9-10H,4H2,1-3H3,(H,14,15). The van der Waals surface area contributed by atoms with Gasteiger partial charge in [0.2, 0.25) is 0 Å². The first-order valence-electron chi connectivity index (χ1n) is 5.57. The number of carbonyl (C=O) groups is 1. The number of hydrogen-bond acceptors (Lipinski definition) is 6. The Kier molecular flexibility index (Phi) is 6.27. The fraction of sp³-hybridized carbons (Fsp3) is 0.545. The molecule has 0 saturated carbocycles. The SMILES string of the molecule is CCOC(=O)C(I)C(Nc1cccnn1)N(C)C. The average Bonchev–Trinajstić information content (AvgIpc) is 2.36. The molecule has 0 amide bonds. The molecule has 0 spiro atoms. The van der Waals surface area contributed by atoms with Gasteiger partial charge in [0, 0.05) is 6.20 Å². The first-order chi connectivity index (χ1) is 8.56. The Morgan fingerprint density at radius 2 is 2.33 bits per heavy atom. The van der Waals surface area contributed by atoms with E-state index in [1.807, 2.05) is 19.0 Å². The first-order valence-corrected chi connectivity index (χ1v) is 6.82. The van der Waals surface area contributed by atoms with Gasteiger partial charge >= 0.3 is 5.97 Å². The molecule has 0 aliphatic rings. The van der Waals surface area contributed by atoms with E-state index in [1.54, 1.807) is 25.3 Å². The first kappa shape index (κ1) is 15.1. The highest BCUT2D eigenvalue weighted by Crippen LogP contribution is 2.15. The summed E-state index contributed by atoms with van der Waals surface area (Å²) in [6, 6.07) is 3.59. The zero-order valence-corrected chi connectivity index (χ0v) is 12.8. The minimum atomic E-state index is -0.334. The van der Waals surface area contributed by atoms with Gasteiger partial charge in [0.1, 0.15) is 15.9 Å². The molecular formula is C11H17IN4O2. The summed E-state index contributed by atoms with van der Waals surface area (Å²) < 4.78 is 4.69. The molecule has 1 rings (SSSR count). The summed E-state index contributed by atoms with van der Waals surface area (Å²) in [6.45, 7) is 2.17. The maximum atomic E-state index is 11.7. The van der Waals surface area contributed by atoms with Crippen molar-refractivity contribution in [2.24, 2.45) is 0 Å². The molecular weight excluding hydrogens is 347 g/mol. The number of aromatic nitrogens is 2. The third kappa shape index (κ3) is 4.37. The summed E-state index contributed by atoms with van der Waals surface area (Å²) >= 11 is 2.07. The van der Waals surface area contributed by atoms with Gasteiger partial charge < -0.3 is 10.1 Å². The second kappa shape index (κ2) is 7.47. The molecule has 18 heavy (non-hydrogen) atoms. The van der Waals surface area contributed by atoms with Gasteiger partial charge in [-0.05, 0) is 33.2 Å². The van der Waals surface area contributed by atoms with E-state index >= 15 is 0 Å². The van der Waals surface area contributed by atoms with Gasteiger partial charge in [0.05, 0.1) is 6.61 Å². The summed E-state index contributed by atoms with van der Waals surface area (Å²) in [4.78, 5) is 13.7. The molecule has 0 aliphatic heterocycles. The lowest BCUT2D eigenvalue weighted by atomic mass is 10.3. The topological polar surface area (TPSA) is 67.3 Å². The largest absolute Gasteiger partial charge is 0.465 e. The zero-order valence-electron chi connectivity index (χ0n) is 10.6. The van der Waals surface area contributed by atoms with E-state index in [1.165, 1.54) is 0 Å². The highest BCUT2D eigenvalue weighted by Gasteiger charge is 2.28. The second-order valence-corrected chi connectivity index (χ2v) is 5.16. The van der Waals surface area contributed by atoms with Crippen molar-refractivity contribution in [2.45, 2.75) is 17.0 Å². The third-order valence-electron chi connectivity index (χ3n) is 2.21. The van der Waals surface area contributed by atoms with Crippen molar-refractivity contribution in [1.29, 1.82) is 0 Å². The minimum Gasteiger partial charge on any atom is -0.465 e. The quantitative estimate of drug-likeness (QED) is 0.354. The summed E-state index contributed by atoms with van der Waals surface area (Å²) in [5.74, 6) is 0.385. The number of hydrogen-bond donors (Lipinski definition) is 1. The van der Waals surface area contributed by atoms with Crippen molar-refractivity contribution in [1.82, 2.24) is 15.1 Å². The Hall–Kier alpha value is -0.960. The van der Waals surface area contributed by atoms with Gasteiger partial charge in [-0.2, -0.15) is 5.10 Å². The minimum absolute atomic E-state index is 0.207. The van der Waals surface area contributed by atoms with Crippen LogP contribution in [0.2, 0.25) is 0 Å². The van der Waals surface area contributed by atoms with Gasteiger partial charge in [-0.1, -0.05) is 22.6 Å². The van der Waals surface area contributed by atoms with E-state index in [0.29, 0.717) is 12.4 Å². The lowest BCUT2D eigenvalue weighted by Gasteiger charge is -2.28. The van der Waals surface area contributed by atoms with E-state index in [9.17, 15) is 4.79 Å². The van der Waals surface area contributed by atoms with Crippen LogP contribution in [0.25, 0.3) is 0 Å². The maximum Gasteiger partial charge on any atom is 0.322 e. The monoisotopic (exact) mass is 364 g/mol. The van der Waals surface area contributed by atoms with Crippen molar-refractivity contribution >= 4 is 34.4 Å². The summed E-state index contributed by atoms with van der Waals surface area (Å²) in [6.07, 6.45) is 1.39. The maximum absolute atomic E-state index is 11.7. The lowest BCUT2D eigenvalue weighted by Crippen LogP contribution is -2.46. The molecule has 1 aromatic rings. The summed E-state index contributed by atoms with van der Waals surface area (Å²) in [5.41, 5.74) is 0. The number of anilines is 1. The van der Waals surface area contributed by atoms with Crippen LogP contribution < -0.4 is 5.32 Å². The molecule has 0 fully saturated rings. The lowest BCUT2D eigenvalue weighted by molar-refractivity contribution is -0.142. The van der Waals surface area contributed by atoms with Gasteiger partial charge in [0.25, 0.3) is 0 Å². The Morgan fingerprint density at radius 3 is 2.83 bits per heavy atom. The normalized spacial score (nSPS) is 14.1. The number of alkyl halides is 1. The van der Waals surface area contributed by atoms with Crippen LogP contribution in [0.5, 0.6) is 0 Å². The number of nitrogens with zero attached hydrogens (tertiary/aromatic N) is 3. The van der Waals surface area contributed by atoms with Crippen LogP contribution in [-0.4, -0.2) is 51.9 Å². The Labute approximate surface area is 120 Å². The van der Waals surface area contributed by atoms with E-state index in [-0.39, 0.29) is 16.1 Å². The van der Waals surface area contributed by atoms with E-state index < -0.39 is 0 Å². The van der Waals surface area contributed by atoms with Gasteiger partial charge in [0.15, 0.2) is 0 Å². The van der Waals surface area contributed by atoms with Crippen LogP contribution in [0.15, 0.2) is 18.3 Å². The Bertz CT molecular complexity index is 375. The molecule has 100 valence electrons. The number of rotatable bonds is 6. The van der Waals surface area contributed by atoms with Gasteiger partial charge in [-0.3, -0.25) is 9.69 Å². The van der Waals surface area contributed by atoms with Crippen LogP contribution in [0.4, 0.5) is 5.82 Å². The molecule has 0 aliphatic carbocycles. The molecule has 2 atom stereocenters. The second-order valence-electron chi connectivity index (χ2n) is 3.82. The molecule has 6 nitrogen and oxygen atoms in total. The van der Waals surface area contributed by atoms with E-state index in [4.69, 9.17) is 4.74 Å². The van der Waals surface area contributed by atoms with Gasteiger partial charge in [-0.15, -0.1) is 5.10 Å². The van der Waals surface area contributed by atoms with Gasteiger partial charge in [-0.25, -0.2) is 0 Å². The zero-order chi connectivity index (χ0) is 13.5. The van der Waals surface area contributed by atoms with E-state index in [2.05, 4.69) is 38.1 Å². The van der Waals surface area contributed by atoms with Crippen LogP contribution in [0, 0.1) is 0 Å². The Balaban J connectivity index is 2.74. The summed E-state index contributed by atoms with van der Waals surface area (Å²) in [7, 11) is 3.78. The number of esters is 1. The Morgan fingerprint density at radius 1 is 1.61 bits per heavy atom. The molecule has 0 bridgehead atoms. The molecule has 0 radical (unpaired) electrons. The fourth-order valence-corrected chi connectivity index (χ4v) is 2.35. The summed E-state index contributed by atoms with van der Waals surface area (Å²) in [5, 5.41) is 10.9. The molecule has 0 aromatic carbocycles. The van der Waals surface area contributed by atoms with Crippen LogP contribution in [-0.2, 0) is 9.53 Å². The van der Waals surface area contributed by atoms with Crippen LogP contribution in [0.1, 0.15) is 6.92 Å². The third-order valence-corrected chi connectivity index (χ3v) is 3.40. The number of carbonyl (C=O) groups excluding carboxylic acids is 1. The molecule has 1 heterocycles. The van der Waals surface area contributed by atoms with Crippen LogP contribution >= 0.6 is 22.6 Å². The van der Waals surface area contributed by atoms with Crippen molar-refractivity contribution < 1.29 is 9.53 Å². The van der Waals surface area contributed by atoms with Crippen molar-refractivity contribution in [3.8, 4) is 0 Å². The molecule has 7 heteroatoms. The van der Waals surface area contributed by atoms with Crippen LogP contribution in [0.3, 0.4) is 0 Å². The average molecular weight is 364 g/mol. The molecule has 1 aromatic heterocycles. The van der Waals surface area contributed by atoms with Crippen molar-refractivity contribution in [3.05, 3.63) is 18.3 Å². The smallest absolute Gasteiger partial charge is 0.322 e. The number of ether oxygens (including phenoxy) is 1. The van der Waals surface area contributed by atoms with Crippen molar-refractivity contribution in [3.63, 3.8) is 0 Å². The molecule has 0 saturated heterocycles. The van der Waals surface area contributed by atoms with E-state index in [0.717, 1.165) is 0 Å². The fourth-order valence-electron chi connectivity index (χ4n) is 1.34. The number of nitrogens with one attached hydrogen (secondary N) is 1. The predicted molar refractivity (Wildman–Crippen MR) is 77.6 cm³/mol. The molecule has 1 N–H and O–H groups in total.